The first kappa shape index (κ1) is 13.2. The molecule has 5 nitrogen and oxygen atoms in total. The van der Waals surface area contributed by atoms with Crippen LogP contribution >= 0.6 is 0 Å². The van der Waals surface area contributed by atoms with Gasteiger partial charge < -0.3 is 20.7 Å². The molecule has 0 aromatic heterocycles. The molecule has 5 heteroatoms. The lowest BCUT2D eigenvalue weighted by atomic mass is 10.2. The van der Waals surface area contributed by atoms with E-state index in [1.165, 1.54) is 0 Å². The van der Waals surface area contributed by atoms with Gasteiger partial charge in [-0.3, -0.25) is 0 Å². The Bertz CT molecular complexity index is 164. The molecular weight excluding hydrogens is 182 g/mol. The average Bonchev–Trinajstić information content (AvgIpc) is 2.16. The Morgan fingerprint density at radius 3 is 2.79 bits per heavy atom. The van der Waals surface area contributed by atoms with E-state index >= 15 is 0 Å². The number of hydrogen-bond donors (Lipinski definition) is 2. The monoisotopic (exact) mass is 203 g/mol. The fraction of sp³-hybridized carbons (Fsp3) is 0.889. The normalized spacial score (nSPS) is 12.3. The first-order chi connectivity index (χ1) is 6.61. The smallest absolute Gasteiger partial charge is 0.317 e. The van der Waals surface area contributed by atoms with E-state index in [9.17, 15) is 4.79 Å². The van der Waals surface area contributed by atoms with Gasteiger partial charge >= 0.3 is 6.03 Å². The summed E-state index contributed by atoms with van der Waals surface area (Å²) in [5, 5.41) is 2.77. The second kappa shape index (κ2) is 7.58. The van der Waals surface area contributed by atoms with Gasteiger partial charge in [-0.05, 0) is 13.3 Å². The number of nitrogens with one attached hydrogen (secondary N) is 1. The summed E-state index contributed by atoms with van der Waals surface area (Å²) in [4.78, 5) is 12.9. The molecule has 14 heavy (non-hydrogen) atoms. The maximum atomic E-state index is 11.3. The molecule has 84 valence electrons. The molecule has 3 N–H and O–H groups in total. The Morgan fingerprint density at radius 1 is 1.64 bits per heavy atom. The molecule has 0 aliphatic rings. The van der Waals surface area contributed by atoms with Gasteiger partial charge in [-0.15, -0.1) is 0 Å². The van der Waals surface area contributed by atoms with Crippen LogP contribution in [0.4, 0.5) is 4.79 Å². The minimum atomic E-state index is -0.0582. The van der Waals surface area contributed by atoms with E-state index in [-0.39, 0.29) is 12.1 Å². The van der Waals surface area contributed by atoms with Gasteiger partial charge in [0.2, 0.25) is 0 Å². The zero-order valence-corrected chi connectivity index (χ0v) is 9.25. The fourth-order valence-corrected chi connectivity index (χ4v) is 0.940. The lowest BCUT2D eigenvalue weighted by molar-refractivity contribution is 0.175. The first-order valence-corrected chi connectivity index (χ1v) is 4.85. The van der Waals surface area contributed by atoms with Crippen LogP contribution in [0.15, 0.2) is 0 Å². The molecule has 0 aliphatic heterocycles. The van der Waals surface area contributed by atoms with Crippen molar-refractivity contribution in [1.29, 1.82) is 0 Å². The molecular formula is C9H21N3O2. The number of urea groups is 1. The molecule has 0 aliphatic carbocycles. The van der Waals surface area contributed by atoms with Crippen molar-refractivity contribution in [2.24, 2.45) is 5.73 Å². The van der Waals surface area contributed by atoms with Crippen LogP contribution in [-0.2, 0) is 4.74 Å². The van der Waals surface area contributed by atoms with Crippen LogP contribution in [0.25, 0.3) is 0 Å². The van der Waals surface area contributed by atoms with E-state index in [0.717, 1.165) is 6.42 Å². The van der Waals surface area contributed by atoms with Gasteiger partial charge in [0.15, 0.2) is 0 Å². The van der Waals surface area contributed by atoms with Crippen molar-refractivity contribution in [3.05, 3.63) is 0 Å². The maximum Gasteiger partial charge on any atom is 0.317 e. The first-order valence-electron chi connectivity index (χ1n) is 4.85. The number of nitrogens with zero attached hydrogens (tertiary/aromatic N) is 1. The topological polar surface area (TPSA) is 67.6 Å². The third kappa shape index (κ3) is 5.77. The molecule has 0 fully saturated rings. The molecule has 1 atom stereocenters. The number of methoxy groups -OCH3 is 1. The van der Waals surface area contributed by atoms with Crippen LogP contribution in [0.3, 0.4) is 0 Å². The van der Waals surface area contributed by atoms with E-state index in [1.54, 1.807) is 19.1 Å². The van der Waals surface area contributed by atoms with E-state index in [2.05, 4.69) is 5.32 Å². The maximum absolute atomic E-state index is 11.3. The zero-order valence-electron chi connectivity index (χ0n) is 9.25. The summed E-state index contributed by atoms with van der Waals surface area (Å²) in [5.41, 5.74) is 5.69. The van der Waals surface area contributed by atoms with Crippen LogP contribution in [-0.4, -0.2) is 50.8 Å². The largest absolute Gasteiger partial charge is 0.383 e. The quantitative estimate of drug-likeness (QED) is 0.639. The molecule has 0 aromatic rings. The van der Waals surface area contributed by atoms with Crippen molar-refractivity contribution in [2.75, 3.05) is 33.9 Å². The van der Waals surface area contributed by atoms with Gasteiger partial charge in [0.05, 0.1) is 6.61 Å². The molecule has 0 radical (unpaired) electrons. The van der Waals surface area contributed by atoms with Crippen LogP contribution in [0.2, 0.25) is 0 Å². The van der Waals surface area contributed by atoms with E-state index in [0.29, 0.717) is 19.7 Å². The second-order valence-corrected chi connectivity index (χ2v) is 3.25. The molecule has 1 unspecified atom stereocenters. The standard InChI is InChI=1S/C9H21N3O2/c1-4-12(2)9(13)11-6-5-8(10)7-14-3/h8H,4-7,10H2,1-3H3,(H,11,13). The van der Waals surface area contributed by atoms with Crippen molar-refractivity contribution in [3.8, 4) is 0 Å². The summed E-state index contributed by atoms with van der Waals surface area (Å²) in [6, 6.07) is -0.0654. The molecule has 0 aromatic carbocycles. The van der Waals surface area contributed by atoms with Crippen molar-refractivity contribution in [2.45, 2.75) is 19.4 Å². The highest BCUT2D eigenvalue weighted by atomic mass is 16.5. The Kier molecular flexibility index (Phi) is 7.14. The van der Waals surface area contributed by atoms with Crippen molar-refractivity contribution in [3.63, 3.8) is 0 Å². The van der Waals surface area contributed by atoms with E-state index in [4.69, 9.17) is 10.5 Å². The molecule has 0 spiro atoms. The van der Waals surface area contributed by atoms with Crippen LogP contribution < -0.4 is 11.1 Å². The third-order valence-corrected chi connectivity index (χ3v) is 1.99. The fourth-order valence-electron chi connectivity index (χ4n) is 0.940. The predicted octanol–water partition coefficient (Wildman–Crippen LogP) is 0.0115. The Hall–Kier alpha value is -0.810. The van der Waals surface area contributed by atoms with Gasteiger partial charge in [-0.2, -0.15) is 0 Å². The van der Waals surface area contributed by atoms with E-state index < -0.39 is 0 Å². The Balaban J connectivity index is 3.48. The average molecular weight is 203 g/mol. The van der Waals surface area contributed by atoms with Crippen molar-refractivity contribution >= 4 is 6.03 Å². The van der Waals surface area contributed by atoms with Crippen LogP contribution in [0, 0.1) is 0 Å². The summed E-state index contributed by atoms with van der Waals surface area (Å²) < 4.78 is 4.88. The second-order valence-electron chi connectivity index (χ2n) is 3.25. The van der Waals surface area contributed by atoms with Gasteiger partial charge in [-0.1, -0.05) is 0 Å². The lowest BCUT2D eigenvalue weighted by Crippen LogP contribution is -2.39. The Morgan fingerprint density at radius 2 is 2.29 bits per heavy atom. The lowest BCUT2D eigenvalue weighted by Gasteiger charge is -2.16. The summed E-state index contributed by atoms with van der Waals surface area (Å²) in [6.07, 6.45) is 0.733. The predicted molar refractivity (Wildman–Crippen MR) is 56.2 cm³/mol. The molecule has 0 heterocycles. The Labute approximate surface area is 85.6 Å². The third-order valence-electron chi connectivity index (χ3n) is 1.99. The van der Waals surface area contributed by atoms with Crippen LogP contribution in [0.1, 0.15) is 13.3 Å². The number of hydrogen-bond acceptors (Lipinski definition) is 3. The minimum absolute atomic E-state index is 0.00719. The summed E-state index contributed by atoms with van der Waals surface area (Å²) in [6.45, 7) is 3.75. The van der Waals surface area contributed by atoms with Crippen molar-refractivity contribution < 1.29 is 9.53 Å². The molecule has 0 bridgehead atoms. The van der Waals surface area contributed by atoms with Gasteiger partial charge in [0.1, 0.15) is 0 Å². The van der Waals surface area contributed by atoms with Crippen molar-refractivity contribution in [1.82, 2.24) is 10.2 Å². The highest BCUT2D eigenvalue weighted by molar-refractivity contribution is 5.73. The molecule has 0 saturated heterocycles. The number of ether oxygens (including phenoxy) is 1. The SMILES string of the molecule is CCN(C)C(=O)NCCC(N)COC. The van der Waals surface area contributed by atoms with E-state index in [1.807, 2.05) is 6.92 Å². The summed E-state index contributed by atoms with van der Waals surface area (Å²) in [5.74, 6) is 0. The molecule has 0 saturated carbocycles. The number of carbonyl (C=O) groups excluding carboxylic acids is 1. The zero-order chi connectivity index (χ0) is 11.0. The molecule has 0 rings (SSSR count). The highest BCUT2D eigenvalue weighted by Gasteiger charge is 2.06. The van der Waals surface area contributed by atoms with Crippen LogP contribution in [0.5, 0.6) is 0 Å². The minimum Gasteiger partial charge on any atom is -0.383 e. The highest BCUT2D eigenvalue weighted by Crippen LogP contribution is 1.88. The number of rotatable bonds is 6. The number of nitrogens with two attached hydrogens (primary N) is 1. The summed E-state index contributed by atoms with van der Waals surface area (Å²) >= 11 is 0. The summed E-state index contributed by atoms with van der Waals surface area (Å²) in [7, 11) is 3.37. The van der Waals surface area contributed by atoms with Gasteiger partial charge in [-0.25, -0.2) is 4.79 Å². The van der Waals surface area contributed by atoms with Gasteiger partial charge in [0.25, 0.3) is 0 Å². The number of carbonyl (C=O) groups is 1. The van der Waals surface area contributed by atoms with Gasteiger partial charge in [0, 0.05) is 33.3 Å². The molecule has 2 amide bonds. The number of amides is 2.